The number of hydrogen-bond donors (Lipinski definition) is 3. The summed E-state index contributed by atoms with van der Waals surface area (Å²) in [6.07, 6.45) is 1.40. The minimum absolute atomic E-state index is 0.283. The molecule has 1 saturated heterocycles. The molecule has 0 aliphatic carbocycles. The molecule has 1 aliphatic rings. The summed E-state index contributed by atoms with van der Waals surface area (Å²) < 4.78 is 0. The predicted molar refractivity (Wildman–Crippen MR) is 58.3 cm³/mol. The van der Waals surface area contributed by atoms with Gasteiger partial charge in [-0.15, -0.1) is 0 Å². The molecule has 1 fully saturated rings. The quantitative estimate of drug-likeness (QED) is 0.544. The van der Waals surface area contributed by atoms with Crippen LogP contribution in [0.15, 0.2) is 0 Å². The lowest BCUT2D eigenvalue weighted by atomic mass is 10.0. The van der Waals surface area contributed by atoms with E-state index in [1.165, 1.54) is 0 Å². The molecular formula is C10H21N3O2. The van der Waals surface area contributed by atoms with Crippen LogP contribution in [-0.2, 0) is 4.79 Å². The van der Waals surface area contributed by atoms with Crippen LogP contribution in [0.4, 0.5) is 0 Å². The molecule has 1 aliphatic heterocycles. The van der Waals surface area contributed by atoms with Gasteiger partial charge < -0.3 is 16.2 Å². The average molecular weight is 215 g/mol. The number of aliphatic hydroxyl groups is 1. The Morgan fingerprint density at radius 3 is 2.80 bits per heavy atom. The Balaban J connectivity index is 2.52. The van der Waals surface area contributed by atoms with Gasteiger partial charge in [-0.25, -0.2) is 0 Å². The van der Waals surface area contributed by atoms with E-state index in [-0.39, 0.29) is 11.9 Å². The van der Waals surface area contributed by atoms with Crippen LogP contribution >= 0.6 is 0 Å². The molecule has 0 spiro atoms. The van der Waals surface area contributed by atoms with E-state index in [1.54, 1.807) is 0 Å². The topological polar surface area (TPSA) is 78.6 Å². The summed E-state index contributed by atoms with van der Waals surface area (Å²) in [5.41, 5.74) is 4.58. The van der Waals surface area contributed by atoms with Crippen LogP contribution in [0, 0.1) is 0 Å². The number of amides is 1. The van der Waals surface area contributed by atoms with Gasteiger partial charge in [-0.1, -0.05) is 6.92 Å². The van der Waals surface area contributed by atoms with Crippen LogP contribution < -0.4 is 11.1 Å². The van der Waals surface area contributed by atoms with Crippen LogP contribution in [0.5, 0.6) is 0 Å². The fourth-order valence-corrected chi connectivity index (χ4v) is 2.17. The molecule has 5 nitrogen and oxygen atoms in total. The smallest absolute Gasteiger partial charge is 0.234 e. The van der Waals surface area contributed by atoms with Crippen molar-refractivity contribution >= 4 is 5.91 Å². The summed E-state index contributed by atoms with van der Waals surface area (Å²) in [7, 11) is 1.83. The number of carbonyl (C=O) groups excluding carboxylic acids is 1. The molecule has 2 atom stereocenters. The Morgan fingerprint density at radius 1 is 1.73 bits per heavy atom. The maximum Gasteiger partial charge on any atom is 0.234 e. The average Bonchev–Trinajstić information content (AvgIpc) is 2.51. The van der Waals surface area contributed by atoms with E-state index in [2.05, 4.69) is 5.32 Å². The second kappa shape index (κ2) is 4.92. The standard InChI is InChI=1S/C10H21N3O2/c1-3-8(9(11)14)13(2)7-10(15)4-5-12-6-10/h8,12,15H,3-7H2,1-2H3,(H2,11,14). The lowest BCUT2D eigenvalue weighted by Crippen LogP contribution is -2.50. The third-order valence-corrected chi connectivity index (χ3v) is 3.01. The summed E-state index contributed by atoms with van der Waals surface area (Å²) in [6, 6.07) is -0.283. The molecule has 15 heavy (non-hydrogen) atoms. The first-order valence-corrected chi connectivity index (χ1v) is 5.41. The summed E-state index contributed by atoms with van der Waals surface area (Å²) in [4.78, 5) is 13.0. The van der Waals surface area contributed by atoms with Gasteiger partial charge >= 0.3 is 0 Å². The highest BCUT2D eigenvalue weighted by atomic mass is 16.3. The van der Waals surface area contributed by atoms with Crippen molar-refractivity contribution in [1.82, 2.24) is 10.2 Å². The van der Waals surface area contributed by atoms with E-state index in [1.807, 2.05) is 18.9 Å². The first-order chi connectivity index (χ1) is 6.98. The molecular weight excluding hydrogens is 194 g/mol. The summed E-state index contributed by atoms with van der Waals surface area (Å²) in [5, 5.41) is 13.2. The highest BCUT2D eigenvalue weighted by molar-refractivity contribution is 5.79. The summed E-state index contributed by atoms with van der Waals surface area (Å²) in [6.45, 7) is 3.83. The highest BCUT2D eigenvalue weighted by Gasteiger charge is 2.34. The molecule has 0 saturated carbocycles. The van der Waals surface area contributed by atoms with Gasteiger partial charge in [0.15, 0.2) is 0 Å². The fraction of sp³-hybridized carbons (Fsp3) is 0.900. The Bertz CT molecular complexity index is 227. The monoisotopic (exact) mass is 215 g/mol. The van der Waals surface area contributed by atoms with E-state index < -0.39 is 5.60 Å². The number of β-amino-alcohol motifs (C(OH)–C–C–N with tert-alkyl or cyclic N) is 1. The number of nitrogens with one attached hydrogen (secondary N) is 1. The van der Waals surface area contributed by atoms with Gasteiger partial charge in [-0.3, -0.25) is 9.69 Å². The summed E-state index contributed by atoms with van der Waals surface area (Å²) >= 11 is 0. The maximum absolute atomic E-state index is 11.1. The van der Waals surface area contributed by atoms with Gasteiger partial charge in [-0.2, -0.15) is 0 Å². The number of likely N-dealkylation sites (N-methyl/N-ethyl adjacent to an activating group) is 1. The van der Waals surface area contributed by atoms with E-state index >= 15 is 0 Å². The normalized spacial score (nSPS) is 28.3. The molecule has 0 aromatic heterocycles. The first-order valence-electron chi connectivity index (χ1n) is 5.41. The third kappa shape index (κ3) is 3.15. The molecule has 1 amide bonds. The second-order valence-corrected chi connectivity index (χ2v) is 4.39. The number of rotatable bonds is 5. The van der Waals surface area contributed by atoms with Crippen molar-refractivity contribution in [2.75, 3.05) is 26.7 Å². The molecule has 4 N–H and O–H groups in total. The van der Waals surface area contributed by atoms with Gasteiger partial charge in [0.2, 0.25) is 5.91 Å². The number of primary amides is 1. The zero-order valence-electron chi connectivity index (χ0n) is 9.49. The van der Waals surface area contributed by atoms with Crippen LogP contribution in [-0.4, -0.2) is 54.2 Å². The molecule has 0 radical (unpaired) electrons. The van der Waals surface area contributed by atoms with Crippen molar-refractivity contribution in [1.29, 1.82) is 0 Å². The molecule has 5 heteroatoms. The van der Waals surface area contributed by atoms with Gasteiger partial charge in [0.1, 0.15) is 0 Å². The van der Waals surface area contributed by atoms with E-state index in [4.69, 9.17) is 5.73 Å². The molecule has 1 rings (SSSR count). The molecule has 2 unspecified atom stereocenters. The lowest BCUT2D eigenvalue weighted by Gasteiger charge is -2.31. The minimum Gasteiger partial charge on any atom is -0.387 e. The zero-order valence-corrected chi connectivity index (χ0v) is 9.49. The van der Waals surface area contributed by atoms with E-state index in [0.717, 1.165) is 13.0 Å². The van der Waals surface area contributed by atoms with Crippen molar-refractivity contribution in [2.45, 2.75) is 31.4 Å². The largest absolute Gasteiger partial charge is 0.387 e. The van der Waals surface area contributed by atoms with Crippen molar-refractivity contribution < 1.29 is 9.90 Å². The van der Waals surface area contributed by atoms with Crippen LogP contribution in [0.25, 0.3) is 0 Å². The van der Waals surface area contributed by atoms with Crippen LogP contribution in [0.1, 0.15) is 19.8 Å². The molecule has 1 heterocycles. The van der Waals surface area contributed by atoms with Gasteiger partial charge in [0.05, 0.1) is 11.6 Å². The minimum atomic E-state index is -0.711. The Morgan fingerprint density at radius 2 is 2.40 bits per heavy atom. The third-order valence-electron chi connectivity index (χ3n) is 3.01. The lowest BCUT2D eigenvalue weighted by molar-refractivity contribution is -0.123. The van der Waals surface area contributed by atoms with Crippen LogP contribution in [0.3, 0.4) is 0 Å². The first kappa shape index (κ1) is 12.4. The van der Waals surface area contributed by atoms with Gasteiger partial charge in [0, 0.05) is 13.1 Å². The summed E-state index contributed by atoms with van der Waals surface area (Å²) in [5.74, 6) is -0.324. The fourth-order valence-electron chi connectivity index (χ4n) is 2.17. The predicted octanol–water partition coefficient (Wildman–Crippen LogP) is -1.09. The van der Waals surface area contributed by atoms with Gasteiger partial charge in [-0.05, 0) is 26.4 Å². The van der Waals surface area contributed by atoms with Crippen molar-refractivity contribution in [3.05, 3.63) is 0 Å². The SMILES string of the molecule is CCC(C(N)=O)N(C)CC1(O)CCNC1. The number of hydrogen-bond acceptors (Lipinski definition) is 4. The molecule has 88 valence electrons. The second-order valence-electron chi connectivity index (χ2n) is 4.39. The number of nitrogens with zero attached hydrogens (tertiary/aromatic N) is 1. The number of carbonyl (C=O) groups is 1. The van der Waals surface area contributed by atoms with Gasteiger partial charge in [0.25, 0.3) is 0 Å². The molecule has 0 aromatic carbocycles. The Kier molecular flexibility index (Phi) is 4.07. The van der Waals surface area contributed by atoms with Crippen molar-refractivity contribution in [3.8, 4) is 0 Å². The van der Waals surface area contributed by atoms with Crippen molar-refractivity contribution in [3.63, 3.8) is 0 Å². The molecule has 0 aromatic rings. The highest BCUT2D eigenvalue weighted by Crippen LogP contribution is 2.17. The number of nitrogens with two attached hydrogens (primary N) is 1. The Labute approximate surface area is 90.6 Å². The van der Waals surface area contributed by atoms with Crippen LogP contribution in [0.2, 0.25) is 0 Å². The van der Waals surface area contributed by atoms with E-state index in [0.29, 0.717) is 19.5 Å². The Hall–Kier alpha value is -0.650. The van der Waals surface area contributed by atoms with E-state index in [9.17, 15) is 9.90 Å². The zero-order chi connectivity index (χ0) is 11.5. The maximum atomic E-state index is 11.1. The molecule has 0 bridgehead atoms. The van der Waals surface area contributed by atoms with Crippen molar-refractivity contribution in [2.24, 2.45) is 5.73 Å².